The summed E-state index contributed by atoms with van der Waals surface area (Å²) in [5.41, 5.74) is 1.19. The Kier molecular flexibility index (Phi) is 14.9. The number of aromatic nitrogens is 1. The Balaban J connectivity index is 1.70. The number of esters is 1. The second kappa shape index (κ2) is 17.9. The molecular formula is C36H48Cl3N3O7. The summed E-state index contributed by atoms with van der Waals surface area (Å²) in [5, 5.41) is 13.7. The summed E-state index contributed by atoms with van der Waals surface area (Å²) in [5.74, 6) is -2.86. The van der Waals surface area contributed by atoms with Crippen molar-refractivity contribution in [3.05, 3.63) is 47.7 Å². The van der Waals surface area contributed by atoms with E-state index in [0.29, 0.717) is 38.1 Å². The van der Waals surface area contributed by atoms with E-state index in [9.17, 15) is 24.3 Å². The van der Waals surface area contributed by atoms with E-state index in [2.05, 4.69) is 10.3 Å². The number of pyridine rings is 1. The molecule has 1 unspecified atom stereocenters. The average molecular weight is 741 g/mol. The molecule has 1 aromatic heterocycles. The topological polar surface area (TPSA) is 135 Å². The second-order valence-corrected chi connectivity index (χ2v) is 15.9. The molecule has 2 heterocycles. The highest BCUT2D eigenvalue weighted by Crippen LogP contribution is 2.32. The lowest BCUT2D eigenvalue weighted by molar-refractivity contribution is -0.152. The van der Waals surface area contributed by atoms with Crippen molar-refractivity contribution >= 4 is 75.3 Å². The molecule has 2 amide bonds. The van der Waals surface area contributed by atoms with Crippen molar-refractivity contribution in [2.24, 2.45) is 23.2 Å². The number of aliphatic hydroxyl groups excluding tert-OH is 1. The van der Waals surface area contributed by atoms with Gasteiger partial charge in [-0.1, -0.05) is 79.0 Å². The molecule has 0 spiro atoms. The van der Waals surface area contributed by atoms with E-state index in [1.54, 1.807) is 27.0 Å². The number of rotatable bonds is 15. The van der Waals surface area contributed by atoms with E-state index < -0.39 is 51.7 Å². The average Bonchev–Trinajstić information content (AvgIpc) is 3.06. The lowest BCUT2D eigenvalue weighted by Crippen LogP contribution is -2.52. The van der Waals surface area contributed by atoms with Gasteiger partial charge in [0.15, 0.2) is 0 Å². The fourth-order valence-electron chi connectivity index (χ4n) is 5.76. The number of amides is 2. The fourth-order valence-corrected chi connectivity index (χ4v) is 5.92. The number of ketones is 1. The number of alkyl halides is 3. The Hall–Kier alpha value is -2.76. The number of nitrogens with one attached hydrogen (secondary N) is 1. The van der Waals surface area contributed by atoms with Crippen molar-refractivity contribution in [3.8, 4) is 0 Å². The van der Waals surface area contributed by atoms with Crippen LogP contribution in [0.3, 0.4) is 0 Å². The van der Waals surface area contributed by atoms with Gasteiger partial charge in [0, 0.05) is 49.9 Å². The molecule has 2 aromatic rings. The van der Waals surface area contributed by atoms with Gasteiger partial charge in [-0.2, -0.15) is 0 Å². The molecule has 1 fully saturated rings. The molecule has 0 aliphatic carbocycles. The number of halogens is 3. The number of hydrogen-bond acceptors (Lipinski definition) is 8. The maximum Gasteiger partial charge on any atom is 0.310 e. The first-order valence-electron chi connectivity index (χ1n) is 16.6. The van der Waals surface area contributed by atoms with Gasteiger partial charge in [0.05, 0.1) is 23.2 Å². The maximum atomic E-state index is 14.0. The summed E-state index contributed by atoms with van der Waals surface area (Å²) in [6, 6.07) is 8.59. The predicted octanol–water partition coefficient (Wildman–Crippen LogP) is 6.23. The van der Waals surface area contributed by atoms with E-state index in [-0.39, 0.29) is 30.6 Å². The standard InChI is InChI=1S/C36H48Cl3N3O7/c1-22(2)28(32(45)40-23(3)33(46)42-16-7-8-27(20-42)34(47)49-21-36(37,38)39)19-31(44)35(5,15-17-48-6)14-13-25-9-10-26-11-12-29(24(4)43)41-30(26)18-25/h9-14,18,22-24,27-28,43H,7-8,15-17,19-21H2,1-6H3,(H,40,45)/b14-13+/t23-,24+,27+,28-,35?/m0/s1. The number of nitrogens with zero attached hydrogens (tertiary/aromatic N) is 2. The zero-order chi connectivity index (χ0) is 36.5. The Morgan fingerprint density at radius 2 is 1.82 bits per heavy atom. The van der Waals surface area contributed by atoms with Gasteiger partial charge in [0.1, 0.15) is 18.4 Å². The minimum atomic E-state index is -1.73. The summed E-state index contributed by atoms with van der Waals surface area (Å²) < 4.78 is 8.72. The quantitative estimate of drug-likeness (QED) is 0.162. The zero-order valence-electron chi connectivity index (χ0n) is 29.0. The lowest BCUT2D eigenvalue weighted by Gasteiger charge is -2.34. The lowest BCUT2D eigenvalue weighted by atomic mass is 9.76. The molecule has 49 heavy (non-hydrogen) atoms. The molecule has 5 atom stereocenters. The predicted molar refractivity (Wildman–Crippen MR) is 192 cm³/mol. The first-order chi connectivity index (χ1) is 22.9. The van der Waals surface area contributed by atoms with Crippen LogP contribution in [0.5, 0.6) is 0 Å². The van der Waals surface area contributed by atoms with Crippen molar-refractivity contribution in [2.45, 2.75) is 76.2 Å². The normalized spacial score (nSPS) is 18.6. The highest BCUT2D eigenvalue weighted by Gasteiger charge is 2.37. The Morgan fingerprint density at radius 3 is 2.45 bits per heavy atom. The van der Waals surface area contributed by atoms with E-state index in [1.165, 1.54) is 4.90 Å². The Morgan fingerprint density at radius 1 is 1.12 bits per heavy atom. The number of benzene rings is 1. The van der Waals surface area contributed by atoms with E-state index in [0.717, 1.165) is 16.5 Å². The molecule has 1 aliphatic heterocycles. The van der Waals surface area contributed by atoms with E-state index >= 15 is 0 Å². The number of hydrogen-bond donors (Lipinski definition) is 2. The number of carbonyl (C=O) groups excluding carboxylic acids is 4. The molecule has 1 aliphatic rings. The van der Waals surface area contributed by atoms with Crippen LogP contribution < -0.4 is 5.32 Å². The van der Waals surface area contributed by atoms with Gasteiger partial charge in [0.2, 0.25) is 15.6 Å². The van der Waals surface area contributed by atoms with Crippen LogP contribution in [0.1, 0.15) is 77.7 Å². The molecule has 1 aromatic carbocycles. The maximum absolute atomic E-state index is 14.0. The molecule has 1 saturated heterocycles. The van der Waals surface area contributed by atoms with Gasteiger partial charge in [-0.15, -0.1) is 0 Å². The molecule has 0 radical (unpaired) electrons. The van der Waals surface area contributed by atoms with Gasteiger partial charge in [-0.3, -0.25) is 24.2 Å². The smallest absolute Gasteiger partial charge is 0.310 e. The number of aliphatic hydroxyl groups is 1. The van der Waals surface area contributed by atoms with Crippen molar-refractivity contribution < 1.29 is 33.8 Å². The van der Waals surface area contributed by atoms with E-state index in [1.807, 2.05) is 57.2 Å². The molecule has 10 nitrogen and oxygen atoms in total. The SMILES string of the molecule is COCCC(C)(/C=C/c1ccc2ccc([C@@H](C)O)nc2c1)C(=O)C[C@H](C(=O)N[C@@H](C)C(=O)N1CCC[C@@H](C(=O)OCC(Cl)(Cl)Cl)C1)C(C)C. The van der Waals surface area contributed by atoms with Gasteiger partial charge < -0.3 is 24.8 Å². The number of methoxy groups -OCH3 is 1. The minimum absolute atomic E-state index is 0.0349. The van der Waals surface area contributed by atoms with Crippen LogP contribution in [0.25, 0.3) is 17.0 Å². The first-order valence-corrected chi connectivity index (χ1v) is 17.7. The molecular weight excluding hydrogens is 693 g/mol. The molecule has 2 N–H and O–H groups in total. The summed E-state index contributed by atoms with van der Waals surface area (Å²) in [7, 11) is 1.57. The number of Topliss-reactive ketones (excluding diaryl/α,β-unsaturated/α-hetero) is 1. The largest absolute Gasteiger partial charge is 0.461 e. The van der Waals surface area contributed by atoms with Crippen LogP contribution in [0.2, 0.25) is 0 Å². The highest BCUT2D eigenvalue weighted by atomic mass is 35.6. The van der Waals surface area contributed by atoms with Crippen molar-refractivity contribution in [2.75, 3.05) is 33.4 Å². The van der Waals surface area contributed by atoms with Crippen LogP contribution in [-0.4, -0.2) is 81.8 Å². The third-order valence-electron chi connectivity index (χ3n) is 8.99. The van der Waals surface area contributed by atoms with Crippen LogP contribution >= 0.6 is 34.8 Å². The fraction of sp³-hybridized carbons (Fsp3) is 0.583. The van der Waals surface area contributed by atoms with Crippen molar-refractivity contribution in [1.82, 2.24) is 15.2 Å². The zero-order valence-corrected chi connectivity index (χ0v) is 31.3. The van der Waals surface area contributed by atoms with E-state index in [4.69, 9.17) is 44.3 Å². The van der Waals surface area contributed by atoms with Crippen LogP contribution in [0.15, 0.2) is 36.4 Å². The number of carbonyl (C=O) groups is 4. The second-order valence-electron chi connectivity index (χ2n) is 13.4. The third kappa shape index (κ3) is 11.9. The Bertz CT molecular complexity index is 1510. The van der Waals surface area contributed by atoms with Crippen molar-refractivity contribution in [3.63, 3.8) is 0 Å². The number of ether oxygens (including phenoxy) is 2. The van der Waals surface area contributed by atoms with Gasteiger partial charge in [-0.05, 0) is 63.6 Å². The first kappa shape index (κ1) is 40.7. The third-order valence-corrected chi connectivity index (χ3v) is 9.32. The van der Waals surface area contributed by atoms with Crippen LogP contribution in [0, 0.1) is 23.2 Å². The molecule has 3 rings (SSSR count). The minimum Gasteiger partial charge on any atom is -0.461 e. The molecule has 0 bridgehead atoms. The Labute approximate surface area is 303 Å². The van der Waals surface area contributed by atoms with Gasteiger partial charge in [0.25, 0.3) is 0 Å². The number of allylic oxidation sites excluding steroid dienone is 1. The molecule has 0 saturated carbocycles. The molecule has 270 valence electrons. The summed E-state index contributed by atoms with van der Waals surface area (Å²) in [6.07, 6.45) is 4.49. The summed E-state index contributed by atoms with van der Waals surface area (Å²) >= 11 is 17.1. The van der Waals surface area contributed by atoms with Crippen LogP contribution in [-0.2, 0) is 28.7 Å². The highest BCUT2D eigenvalue weighted by molar-refractivity contribution is 6.67. The summed E-state index contributed by atoms with van der Waals surface area (Å²) in [4.78, 5) is 59.5. The number of fused-ring (bicyclic) bond motifs is 1. The number of piperidine rings is 1. The monoisotopic (exact) mass is 739 g/mol. The number of likely N-dealkylation sites (tertiary alicyclic amines) is 1. The summed E-state index contributed by atoms with van der Waals surface area (Å²) in [6.45, 7) is 9.33. The van der Waals surface area contributed by atoms with Gasteiger partial charge >= 0.3 is 5.97 Å². The van der Waals surface area contributed by atoms with Gasteiger partial charge in [-0.25, -0.2) is 0 Å². The van der Waals surface area contributed by atoms with Crippen LogP contribution in [0.4, 0.5) is 0 Å². The van der Waals surface area contributed by atoms with Crippen molar-refractivity contribution in [1.29, 1.82) is 0 Å². The molecule has 13 heteroatoms.